The zero-order chi connectivity index (χ0) is 17.7. The van der Waals surface area contributed by atoms with Crippen LogP contribution in [-0.4, -0.2) is 77.6 Å². The molecular weight excluding hydrogens is 318 g/mol. The summed E-state index contributed by atoms with van der Waals surface area (Å²) in [6, 6.07) is 0.331. The van der Waals surface area contributed by atoms with Gasteiger partial charge < -0.3 is 20.3 Å². The van der Waals surface area contributed by atoms with Gasteiger partial charge in [-0.2, -0.15) is 5.10 Å². The molecule has 0 aromatic carbocycles. The summed E-state index contributed by atoms with van der Waals surface area (Å²) in [6.45, 7) is 6.20. The summed E-state index contributed by atoms with van der Waals surface area (Å²) in [5.41, 5.74) is 0.0895. The fourth-order valence-electron chi connectivity index (χ4n) is 3.59. The van der Waals surface area contributed by atoms with Gasteiger partial charge in [0.1, 0.15) is 12.2 Å². The van der Waals surface area contributed by atoms with Crippen LogP contribution in [0.5, 0.6) is 0 Å². The van der Waals surface area contributed by atoms with Crippen LogP contribution >= 0.6 is 0 Å². The largest absolute Gasteiger partial charge is 0.381 e. The molecule has 0 amide bonds. The first-order valence-electron chi connectivity index (χ1n) is 9.30. The van der Waals surface area contributed by atoms with Gasteiger partial charge in [0.15, 0.2) is 5.96 Å². The number of guanidine groups is 1. The van der Waals surface area contributed by atoms with Crippen LogP contribution in [0.15, 0.2) is 11.3 Å². The monoisotopic (exact) mass is 349 g/mol. The lowest BCUT2D eigenvalue weighted by atomic mass is 9.89. The maximum absolute atomic E-state index is 5.55. The summed E-state index contributed by atoms with van der Waals surface area (Å²) in [7, 11) is 4.29. The summed E-state index contributed by atoms with van der Waals surface area (Å²) in [4.78, 5) is 11.5. The molecule has 8 heteroatoms. The van der Waals surface area contributed by atoms with Gasteiger partial charge in [0.25, 0.3) is 0 Å². The molecular formula is C17H31N7O. The van der Waals surface area contributed by atoms with E-state index in [0.29, 0.717) is 6.04 Å². The van der Waals surface area contributed by atoms with Crippen LogP contribution in [0.2, 0.25) is 0 Å². The Hall–Kier alpha value is -1.67. The number of hydrogen-bond donors (Lipinski definition) is 2. The van der Waals surface area contributed by atoms with Crippen molar-refractivity contribution in [2.75, 3.05) is 40.4 Å². The summed E-state index contributed by atoms with van der Waals surface area (Å²) >= 11 is 0. The van der Waals surface area contributed by atoms with Gasteiger partial charge in [-0.3, -0.25) is 4.99 Å². The Morgan fingerprint density at radius 3 is 2.96 bits per heavy atom. The van der Waals surface area contributed by atoms with Gasteiger partial charge in [0.05, 0.1) is 13.1 Å². The van der Waals surface area contributed by atoms with E-state index in [1.165, 1.54) is 0 Å². The smallest absolute Gasteiger partial charge is 0.191 e. The number of aliphatic imine (C=N–C) groups is 1. The number of aryl methyl sites for hydroxylation is 1. The Morgan fingerprint density at radius 1 is 1.44 bits per heavy atom. The summed E-state index contributed by atoms with van der Waals surface area (Å²) in [6.07, 6.45) is 5.69. The molecule has 1 aromatic heterocycles. The SMILES string of the molecule is CCNC(=NCC1(N(C)C)CCOCC1)NC1CCc2ncnn2C1. The lowest BCUT2D eigenvalue weighted by molar-refractivity contribution is -0.00255. The molecule has 0 spiro atoms. The van der Waals surface area contributed by atoms with Gasteiger partial charge >= 0.3 is 0 Å². The van der Waals surface area contributed by atoms with E-state index in [9.17, 15) is 0 Å². The van der Waals surface area contributed by atoms with Crippen molar-refractivity contribution in [2.45, 2.75) is 50.7 Å². The van der Waals surface area contributed by atoms with Crippen LogP contribution < -0.4 is 10.6 Å². The van der Waals surface area contributed by atoms with E-state index < -0.39 is 0 Å². The summed E-state index contributed by atoms with van der Waals surface area (Å²) in [5.74, 6) is 1.97. The molecule has 1 saturated heterocycles. The van der Waals surface area contributed by atoms with E-state index >= 15 is 0 Å². The standard InChI is InChI=1S/C17H31N7O/c1-4-18-16(19-12-17(23(2)3)7-9-25-10-8-17)22-14-5-6-15-20-13-21-24(15)11-14/h13-14H,4-12H2,1-3H3,(H2,18,19,22). The number of rotatable bonds is 5. The molecule has 2 N–H and O–H groups in total. The molecule has 1 aromatic rings. The minimum atomic E-state index is 0.0895. The molecule has 140 valence electrons. The van der Waals surface area contributed by atoms with Crippen molar-refractivity contribution in [3.05, 3.63) is 12.2 Å². The average molecular weight is 349 g/mol. The lowest BCUT2D eigenvalue weighted by Crippen LogP contribution is -2.52. The minimum Gasteiger partial charge on any atom is -0.381 e. The Bertz CT molecular complexity index is 577. The van der Waals surface area contributed by atoms with Gasteiger partial charge in [-0.15, -0.1) is 0 Å². The van der Waals surface area contributed by atoms with E-state index in [1.807, 2.05) is 4.68 Å². The number of nitrogens with one attached hydrogen (secondary N) is 2. The quantitative estimate of drug-likeness (QED) is 0.586. The maximum Gasteiger partial charge on any atom is 0.191 e. The van der Waals surface area contributed by atoms with Gasteiger partial charge in [0.2, 0.25) is 0 Å². The number of aromatic nitrogens is 3. The molecule has 0 saturated carbocycles. The normalized spacial score (nSPS) is 23.4. The van der Waals surface area contributed by atoms with Crippen molar-refractivity contribution < 1.29 is 4.74 Å². The fourth-order valence-corrected chi connectivity index (χ4v) is 3.59. The predicted octanol–water partition coefficient (Wildman–Crippen LogP) is 0.259. The molecule has 8 nitrogen and oxygen atoms in total. The highest BCUT2D eigenvalue weighted by molar-refractivity contribution is 5.80. The van der Waals surface area contributed by atoms with Crippen LogP contribution in [0.3, 0.4) is 0 Å². The molecule has 0 aliphatic carbocycles. The van der Waals surface area contributed by atoms with Crippen molar-refractivity contribution in [3.63, 3.8) is 0 Å². The lowest BCUT2D eigenvalue weighted by Gasteiger charge is -2.41. The number of fused-ring (bicyclic) bond motifs is 1. The van der Waals surface area contributed by atoms with Crippen molar-refractivity contribution >= 4 is 5.96 Å². The Morgan fingerprint density at radius 2 is 2.24 bits per heavy atom. The number of ether oxygens (including phenoxy) is 1. The highest BCUT2D eigenvalue weighted by Gasteiger charge is 2.34. The average Bonchev–Trinajstić information content (AvgIpc) is 3.08. The number of hydrogen-bond acceptors (Lipinski definition) is 5. The Balaban J connectivity index is 1.64. The van der Waals surface area contributed by atoms with E-state index in [1.54, 1.807) is 6.33 Å². The molecule has 25 heavy (non-hydrogen) atoms. The molecule has 1 fully saturated rings. The van der Waals surface area contributed by atoms with Crippen molar-refractivity contribution in [1.29, 1.82) is 0 Å². The third kappa shape index (κ3) is 4.30. The van der Waals surface area contributed by atoms with Crippen molar-refractivity contribution in [3.8, 4) is 0 Å². The van der Waals surface area contributed by atoms with Crippen LogP contribution in [-0.2, 0) is 17.7 Å². The van der Waals surface area contributed by atoms with E-state index in [-0.39, 0.29) is 5.54 Å². The number of likely N-dealkylation sites (N-methyl/N-ethyl adjacent to an activating group) is 1. The zero-order valence-corrected chi connectivity index (χ0v) is 15.7. The molecule has 1 unspecified atom stereocenters. The Kier molecular flexibility index (Phi) is 5.90. The molecule has 3 rings (SSSR count). The fraction of sp³-hybridized carbons (Fsp3) is 0.824. The first kappa shape index (κ1) is 18.1. The van der Waals surface area contributed by atoms with E-state index in [0.717, 1.165) is 70.3 Å². The second-order valence-electron chi connectivity index (χ2n) is 7.16. The second kappa shape index (κ2) is 8.14. The minimum absolute atomic E-state index is 0.0895. The Labute approximate surface area is 150 Å². The third-order valence-corrected chi connectivity index (χ3v) is 5.39. The topological polar surface area (TPSA) is 79.6 Å². The molecule has 2 aliphatic rings. The summed E-state index contributed by atoms with van der Waals surface area (Å²) < 4.78 is 7.54. The molecule has 0 radical (unpaired) electrons. The van der Waals surface area contributed by atoms with Crippen LogP contribution in [0, 0.1) is 0 Å². The summed E-state index contributed by atoms with van der Waals surface area (Å²) in [5, 5.41) is 11.3. The van der Waals surface area contributed by atoms with E-state index in [2.05, 4.69) is 46.6 Å². The molecule has 1 atom stereocenters. The van der Waals surface area contributed by atoms with Gasteiger partial charge in [-0.25, -0.2) is 9.67 Å². The highest BCUT2D eigenvalue weighted by Crippen LogP contribution is 2.26. The van der Waals surface area contributed by atoms with Gasteiger partial charge in [-0.1, -0.05) is 0 Å². The molecule has 3 heterocycles. The van der Waals surface area contributed by atoms with Crippen LogP contribution in [0.25, 0.3) is 0 Å². The third-order valence-electron chi connectivity index (χ3n) is 5.39. The predicted molar refractivity (Wildman–Crippen MR) is 97.7 cm³/mol. The first-order valence-corrected chi connectivity index (χ1v) is 9.30. The zero-order valence-electron chi connectivity index (χ0n) is 15.7. The molecule has 0 bridgehead atoms. The van der Waals surface area contributed by atoms with Crippen molar-refractivity contribution in [2.24, 2.45) is 4.99 Å². The van der Waals surface area contributed by atoms with Crippen molar-refractivity contribution in [1.82, 2.24) is 30.3 Å². The van der Waals surface area contributed by atoms with Crippen LogP contribution in [0.4, 0.5) is 0 Å². The van der Waals surface area contributed by atoms with Crippen LogP contribution in [0.1, 0.15) is 32.0 Å². The highest BCUT2D eigenvalue weighted by atomic mass is 16.5. The maximum atomic E-state index is 5.55. The molecule has 2 aliphatic heterocycles. The first-order chi connectivity index (χ1) is 12.1. The van der Waals surface area contributed by atoms with Gasteiger partial charge in [0, 0.05) is 37.8 Å². The second-order valence-corrected chi connectivity index (χ2v) is 7.16. The van der Waals surface area contributed by atoms with Gasteiger partial charge in [-0.05, 0) is 40.3 Å². The van der Waals surface area contributed by atoms with E-state index in [4.69, 9.17) is 9.73 Å². The number of nitrogens with zero attached hydrogens (tertiary/aromatic N) is 5.